The first-order valence-corrected chi connectivity index (χ1v) is 9.84. The Labute approximate surface area is 177 Å². The Morgan fingerprint density at radius 3 is 2.23 bits per heavy atom. The molecule has 1 saturated carbocycles. The van der Waals surface area contributed by atoms with E-state index in [0.717, 1.165) is 29.7 Å². The van der Waals surface area contributed by atoms with Crippen molar-refractivity contribution in [3.8, 4) is 0 Å². The number of nitrogens with one attached hydrogen (secondary N) is 2. The number of halogens is 3. The Balaban J connectivity index is 1.37. The van der Waals surface area contributed by atoms with E-state index in [1.807, 2.05) is 12.1 Å². The van der Waals surface area contributed by atoms with Gasteiger partial charge in [-0.2, -0.15) is 13.2 Å². The van der Waals surface area contributed by atoms with Crippen LogP contribution in [0.2, 0.25) is 0 Å². The van der Waals surface area contributed by atoms with E-state index in [9.17, 15) is 22.8 Å². The number of hydrogen-bond acceptors (Lipinski definition) is 3. The van der Waals surface area contributed by atoms with Crippen LogP contribution in [0.25, 0.3) is 0 Å². The zero-order valence-corrected chi connectivity index (χ0v) is 16.6. The number of esters is 1. The van der Waals surface area contributed by atoms with Crippen LogP contribution in [-0.2, 0) is 22.1 Å². The molecule has 1 aliphatic carbocycles. The molecule has 0 radical (unpaired) electrons. The molecule has 2 aromatic rings. The fourth-order valence-electron chi connectivity index (χ4n) is 4.37. The molecule has 2 amide bonds. The van der Waals surface area contributed by atoms with Gasteiger partial charge in [-0.15, -0.1) is 0 Å². The molecule has 5 nitrogen and oxygen atoms in total. The number of carbonyl (C=O) groups excluding carboxylic acids is 2. The van der Waals surface area contributed by atoms with Crippen LogP contribution >= 0.6 is 0 Å². The molecule has 2 aliphatic rings. The smallest absolute Gasteiger partial charge is 0.416 e. The number of fused-ring (bicyclic) bond motifs is 1. The molecule has 1 heterocycles. The Morgan fingerprint density at radius 2 is 1.65 bits per heavy atom. The average Bonchev–Trinajstić information content (AvgIpc) is 3.17. The van der Waals surface area contributed by atoms with Crippen molar-refractivity contribution in [2.45, 2.75) is 25.4 Å². The Morgan fingerprint density at radius 1 is 1.06 bits per heavy atom. The second-order valence-electron chi connectivity index (χ2n) is 8.11. The third-order valence-corrected chi connectivity index (χ3v) is 5.91. The molecule has 8 heteroatoms. The average molecular weight is 430 g/mol. The fraction of sp³-hybridized carbons (Fsp3) is 0.304. The predicted octanol–water partition coefficient (Wildman–Crippen LogP) is 5.40. The van der Waals surface area contributed by atoms with Gasteiger partial charge in [-0.1, -0.05) is 24.3 Å². The zero-order chi connectivity index (χ0) is 22.2. The lowest BCUT2D eigenvalue weighted by Gasteiger charge is -2.24. The molecule has 0 bridgehead atoms. The maximum atomic E-state index is 12.6. The van der Waals surface area contributed by atoms with Crippen molar-refractivity contribution in [1.29, 1.82) is 0 Å². The highest BCUT2D eigenvalue weighted by Gasteiger charge is 2.55. The molecule has 4 rings (SSSR count). The first-order chi connectivity index (χ1) is 14.7. The van der Waals surface area contributed by atoms with Gasteiger partial charge in [0.05, 0.1) is 17.6 Å². The number of ether oxygens (including phenoxy) is 1. The summed E-state index contributed by atoms with van der Waals surface area (Å²) in [5.74, 6) is -0.0194. The molecular weight excluding hydrogens is 409 g/mol. The fourth-order valence-corrected chi connectivity index (χ4v) is 4.37. The molecule has 1 saturated heterocycles. The lowest BCUT2D eigenvalue weighted by atomic mass is 9.75. The van der Waals surface area contributed by atoms with Gasteiger partial charge in [0.15, 0.2) is 0 Å². The van der Waals surface area contributed by atoms with E-state index in [0.29, 0.717) is 25.1 Å². The van der Waals surface area contributed by atoms with E-state index in [1.54, 1.807) is 12.1 Å². The minimum Gasteiger partial charge on any atom is -0.465 e. The maximum absolute atomic E-state index is 12.6. The molecule has 2 fully saturated rings. The van der Waals surface area contributed by atoms with Crippen molar-refractivity contribution in [3.63, 3.8) is 0 Å². The quantitative estimate of drug-likeness (QED) is 0.504. The molecule has 1 aliphatic heterocycles. The van der Waals surface area contributed by atoms with Gasteiger partial charge >= 0.3 is 18.2 Å². The predicted molar refractivity (Wildman–Crippen MR) is 109 cm³/mol. The number of hydrogen-bond donors (Lipinski definition) is 2. The monoisotopic (exact) mass is 430 g/mol. The first-order valence-electron chi connectivity index (χ1n) is 9.84. The number of alkyl halides is 3. The second kappa shape index (κ2) is 7.76. The summed E-state index contributed by atoms with van der Waals surface area (Å²) in [6.45, 7) is 4.47. The van der Waals surface area contributed by atoms with Gasteiger partial charge in [0.2, 0.25) is 0 Å². The zero-order valence-electron chi connectivity index (χ0n) is 16.6. The summed E-state index contributed by atoms with van der Waals surface area (Å²) >= 11 is 0. The number of rotatable bonds is 4. The Bertz CT molecular complexity index is 1020. The standard InChI is InChI=1S/C23H21F3N2O3/c1-14-10-17-13-31-20(29)22(17,11-14)12-15-2-6-18(7-3-15)27-21(30)28-19-8-4-16(5-9-19)23(24,25)26/h2-9,17H,1,10-13H2,(H2,27,28,30). The Hall–Kier alpha value is -3.29. The minimum absolute atomic E-state index is 0.153. The van der Waals surface area contributed by atoms with E-state index in [2.05, 4.69) is 17.2 Å². The maximum Gasteiger partial charge on any atom is 0.416 e. The normalized spacial score (nSPS) is 22.7. The van der Waals surface area contributed by atoms with Gasteiger partial charge in [-0.05, 0) is 61.2 Å². The molecule has 31 heavy (non-hydrogen) atoms. The summed E-state index contributed by atoms with van der Waals surface area (Å²) < 4.78 is 43.1. The number of amides is 2. The van der Waals surface area contributed by atoms with Gasteiger partial charge in [0.1, 0.15) is 0 Å². The summed E-state index contributed by atoms with van der Waals surface area (Å²) in [4.78, 5) is 24.5. The SMILES string of the molecule is C=C1CC2COC(=O)C2(Cc2ccc(NC(=O)Nc3ccc(C(F)(F)F)cc3)cc2)C1. The van der Waals surface area contributed by atoms with E-state index >= 15 is 0 Å². The summed E-state index contributed by atoms with van der Waals surface area (Å²) in [5, 5.41) is 5.13. The number of urea groups is 1. The van der Waals surface area contributed by atoms with Crippen molar-refractivity contribution < 1.29 is 27.5 Å². The van der Waals surface area contributed by atoms with Gasteiger partial charge < -0.3 is 15.4 Å². The minimum atomic E-state index is -4.43. The molecule has 2 N–H and O–H groups in total. The molecule has 2 aromatic carbocycles. The largest absolute Gasteiger partial charge is 0.465 e. The lowest BCUT2D eigenvalue weighted by molar-refractivity contribution is -0.146. The third kappa shape index (κ3) is 4.28. The number of carbonyl (C=O) groups is 2. The molecule has 0 spiro atoms. The van der Waals surface area contributed by atoms with Gasteiger partial charge in [0, 0.05) is 17.3 Å². The van der Waals surface area contributed by atoms with E-state index in [-0.39, 0.29) is 17.6 Å². The van der Waals surface area contributed by atoms with E-state index in [1.165, 1.54) is 12.1 Å². The van der Waals surface area contributed by atoms with Crippen LogP contribution in [-0.4, -0.2) is 18.6 Å². The van der Waals surface area contributed by atoms with Crippen LogP contribution in [0.15, 0.2) is 60.7 Å². The van der Waals surface area contributed by atoms with Crippen LogP contribution < -0.4 is 10.6 Å². The summed E-state index contributed by atoms with van der Waals surface area (Å²) in [7, 11) is 0. The van der Waals surface area contributed by atoms with Crippen molar-refractivity contribution in [2.75, 3.05) is 17.2 Å². The van der Waals surface area contributed by atoms with Gasteiger partial charge in [0.25, 0.3) is 0 Å². The van der Waals surface area contributed by atoms with Crippen molar-refractivity contribution in [3.05, 3.63) is 71.8 Å². The van der Waals surface area contributed by atoms with Crippen LogP contribution in [0.4, 0.5) is 29.3 Å². The molecule has 2 unspecified atom stereocenters. The van der Waals surface area contributed by atoms with E-state index in [4.69, 9.17) is 4.74 Å². The molecular formula is C23H21F3N2O3. The third-order valence-electron chi connectivity index (χ3n) is 5.91. The number of cyclic esters (lactones) is 1. The highest BCUT2D eigenvalue weighted by atomic mass is 19.4. The number of benzene rings is 2. The summed E-state index contributed by atoms with van der Waals surface area (Å²) in [6.07, 6.45) is -2.45. The van der Waals surface area contributed by atoms with Crippen LogP contribution in [0, 0.1) is 11.3 Å². The van der Waals surface area contributed by atoms with Crippen molar-refractivity contribution in [2.24, 2.45) is 11.3 Å². The number of allylic oxidation sites excluding steroid dienone is 1. The topological polar surface area (TPSA) is 67.4 Å². The van der Waals surface area contributed by atoms with Crippen LogP contribution in [0.5, 0.6) is 0 Å². The van der Waals surface area contributed by atoms with E-state index < -0.39 is 23.2 Å². The lowest BCUT2D eigenvalue weighted by Crippen LogP contribution is -2.31. The van der Waals surface area contributed by atoms with Crippen LogP contribution in [0.3, 0.4) is 0 Å². The molecule has 2 atom stereocenters. The highest BCUT2D eigenvalue weighted by Crippen LogP contribution is 2.52. The molecule has 0 aromatic heterocycles. The van der Waals surface area contributed by atoms with Crippen molar-refractivity contribution >= 4 is 23.4 Å². The first kappa shape index (κ1) is 21.0. The summed E-state index contributed by atoms with van der Waals surface area (Å²) in [5.41, 5.74) is 1.45. The molecule has 162 valence electrons. The van der Waals surface area contributed by atoms with Gasteiger partial charge in [-0.25, -0.2) is 4.79 Å². The van der Waals surface area contributed by atoms with Gasteiger partial charge in [-0.3, -0.25) is 4.79 Å². The number of anilines is 2. The van der Waals surface area contributed by atoms with Crippen molar-refractivity contribution in [1.82, 2.24) is 0 Å². The second-order valence-corrected chi connectivity index (χ2v) is 8.11. The summed E-state index contributed by atoms with van der Waals surface area (Å²) in [6, 6.07) is 10.7. The van der Waals surface area contributed by atoms with Crippen LogP contribution in [0.1, 0.15) is 24.0 Å². The Kier molecular flexibility index (Phi) is 5.24. The highest BCUT2D eigenvalue weighted by molar-refractivity contribution is 5.99.